The monoisotopic (exact) mass is 150 g/mol. The molecule has 1 saturated carbocycles. The number of hydrogen-bond acceptors (Lipinski definition) is 0. The van der Waals surface area contributed by atoms with Gasteiger partial charge in [0, 0.05) is 0 Å². The standard InChI is InChI=1S/C9H12BF/c1-3-7-4-5-8(6-10)9(7,2)11/h3,6H,4-5H2,1-2H3/b7-3-,8-6+. The first-order valence-corrected chi connectivity index (χ1v) is 3.88. The highest BCUT2D eigenvalue weighted by molar-refractivity contribution is 6.17. The van der Waals surface area contributed by atoms with Crippen molar-refractivity contribution in [3.63, 3.8) is 0 Å². The maximum atomic E-state index is 13.7. The number of rotatable bonds is 0. The molecule has 0 aromatic carbocycles. The van der Waals surface area contributed by atoms with Crippen LogP contribution in [0.5, 0.6) is 0 Å². The SMILES string of the molecule is [B]/C=C1\CC/C(=C/C)C1(C)F. The van der Waals surface area contributed by atoms with Crippen molar-refractivity contribution in [3.8, 4) is 0 Å². The van der Waals surface area contributed by atoms with Crippen molar-refractivity contribution < 1.29 is 4.39 Å². The lowest BCUT2D eigenvalue weighted by Gasteiger charge is -2.17. The zero-order valence-corrected chi connectivity index (χ0v) is 7.02. The number of hydrogen-bond donors (Lipinski definition) is 0. The Morgan fingerprint density at radius 1 is 1.45 bits per heavy atom. The van der Waals surface area contributed by atoms with Crippen LogP contribution in [-0.2, 0) is 0 Å². The molecule has 2 radical (unpaired) electrons. The molecule has 1 unspecified atom stereocenters. The van der Waals surface area contributed by atoms with Gasteiger partial charge in [0.25, 0.3) is 0 Å². The molecule has 0 spiro atoms. The third-order valence-electron chi connectivity index (χ3n) is 2.42. The van der Waals surface area contributed by atoms with Gasteiger partial charge in [0.15, 0.2) is 0 Å². The van der Waals surface area contributed by atoms with Crippen molar-refractivity contribution >= 4 is 7.85 Å². The van der Waals surface area contributed by atoms with Gasteiger partial charge in [-0.05, 0) is 37.8 Å². The summed E-state index contributed by atoms with van der Waals surface area (Å²) in [6.07, 6.45) is 3.42. The zero-order valence-electron chi connectivity index (χ0n) is 7.02. The third-order valence-corrected chi connectivity index (χ3v) is 2.42. The minimum Gasteiger partial charge on any atom is -0.234 e. The van der Waals surface area contributed by atoms with E-state index in [2.05, 4.69) is 0 Å². The van der Waals surface area contributed by atoms with E-state index in [4.69, 9.17) is 7.85 Å². The van der Waals surface area contributed by atoms with E-state index in [0.29, 0.717) is 5.57 Å². The van der Waals surface area contributed by atoms with E-state index >= 15 is 0 Å². The van der Waals surface area contributed by atoms with Crippen LogP contribution in [-0.4, -0.2) is 13.5 Å². The summed E-state index contributed by atoms with van der Waals surface area (Å²) < 4.78 is 13.7. The lowest BCUT2D eigenvalue weighted by molar-refractivity contribution is 0.303. The second-order valence-corrected chi connectivity index (χ2v) is 3.01. The number of alkyl halides is 1. The van der Waals surface area contributed by atoms with E-state index in [1.54, 1.807) is 6.92 Å². The van der Waals surface area contributed by atoms with Crippen molar-refractivity contribution in [1.82, 2.24) is 0 Å². The van der Waals surface area contributed by atoms with Crippen molar-refractivity contribution in [2.45, 2.75) is 32.4 Å². The van der Waals surface area contributed by atoms with E-state index in [0.717, 1.165) is 18.4 Å². The summed E-state index contributed by atoms with van der Waals surface area (Å²) in [5.74, 6) is 1.40. The molecule has 1 atom stereocenters. The zero-order chi connectivity index (χ0) is 8.48. The highest BCUT2D eigenvalue weighted by Gasteiger charge is 2.36. The molecule has 0 saturated heterocycles. The highest BCUT2D eigenvalue weighted by Crippen LogP contribution is 2.42. The van der Waals surface area contributed by atoms with E-state index in [9.17, 15) is 4.39 Å². The molecular weight excluding hydrogens is 138 g/mol. The Bertz CT molecular complexity index is 192. The maximum absolute atomic E-state index is 13.7. The first-order valence-electron chi connectivity index (χ1n) is 3.88. The Morgan fingerprint density at radius 2 is 2.00 bits per heavy atom. The summed E-state index contributed by atoms with van der Waals surface area (Å²) in [4.78, 5) is 0. The van der Waals surface area contributed by atoms with Gasteiger partial charge >= 0.3 is 0 Å². The van der Waals surface area contributed by atoms with Crippen LogP contribution < -0.4 is 0 Å². The van der Waals surface area contributed by atoms with E-state index in [1.165, 1.54) is 5.98 Å². The molecular formula is C9H12BF. The van der Waals surface area contributed by atoms with Crippen molar-refractivity contribution in [2.75, 3.05) is 0 Å². The Kier molecular flexibility index (Phi) is 2.21. The molecule has 0 nitrogen and oxygen atoms in total. The first kappa shape index (κ1) is 8.57. The van der Waals surface area contributed by atoms with Crippen LogP contribution in [0.3, 0.4) is 0 Å². The Labute approximate surface area is 68.6 Å². The van der Waals surface area contributed by atoms with Gasteiger partial charge in [-0.25, -0.2) is 4.39 Å². The molecule has 2 heteroatoms. The first-order chi connectivity index (χ1) is 5.12. The molecule has 0 amide bonds. The summed E-state index contributed by atoms with van der Waals surface area (Å²) in [6, 6.07) is 0. The fraction of sp³-hybridized carbons (Fsp3) is 0.556. The van der Waals surface area contributed by atoms with Gasteiger partial charge in [-0.2, -0.15) is 0 Å². The van der Waals surface area contributed by atoms with Gasteiger partial charge in [-0.1, -0.05) is 6.08 Å². The summed E-state index contributed by atoms with van der Waals surface area (Å²) in [5.41, 5.74) is 0.295. The predicted molar refractivity (Wildman–Crippen MR) is 46.3 cm³/mol. The highest BCUT2D eigenvalue weighted by atomic mass is 19.1. The van der Waals surface area contributed by atoms with E-state index in [1.807, 2.05) is 13.0 Å². The van der Waals surface area contributed by atoms with Crippen LogP contribution in [0.4, 0.5) is 4.39 Å². The van der Waals surface area contributed by atoms with Gasteiger partial charge in [-0.3, -0.25) is 0 Å². The quantitative estimate of drug-likeness (QED) is 0.367. The number of allylic oxidation sites excluding steroid dienone is 3. The summed E-state index contributed by atoms with van der Waals surface area (Å²) >= 11 is 0. The Morgan fingerprint density at radius 3 is 2.27 bits per heavy atom. The van der Waals surface area contributed by atoms with E-state index < -0.39 is 5.67 Å². The van der Waals surface area contributed by atoms with Crippen molar-refractivity contribution in [2.24, 2.45) is 0 Å². The molecule has 11 heavy (non-hydrogen) atoms. The molecule has 1 aliphatic rings. The average molecular weight is 150 g/mol. The second-order valence-electron chi connectivity index (χ2n) is 3.01. The predicted octanol–water partition coefficient (Wildman–Crippen LogP) is 2.51. The fourth-order valence-electron chi connectivity index (χ4n) is 1.60. The van der Waals surface area contributed by atoms with Gasteiger partial charge < -0.3 is 0 Å². The maximum Gasteiger partial charge on any atom is 0.149 e. The van der Waals surface area contributed by atoms with Crippen molar-refractivity contribution in [1.29, 1.82) is 0 Å². The number of halogens is 1. The Balaban J connectivity index is 2.99. The lowest BCUT2D eigenvalue weighted by atomic mass is 9.92. The molecule has 0 aliphatic heterocycles. The smallest absolute Gasteiger partial charge is 0.149 e. The second kappa shape index (κ2) is 2.84. The molecule has 58 valence electrons. The molecule has 0 bridgehead atoms. The summed E-state index contributed by atoms with van der Waals surface area (Å²) in [6.45, 7) is 3.45. The average Bonchev–Trinajstić information content (AvgIpc) is 2.24. The summed E-state index contributed by atoms with van der Waals surface area (Å²) in [7, 11) is 5.30. The molecule has 0 N–H and O–H groups in total. The minimum absolute atomic E-state index is 0.714. The van der Waals surface area contributed by atoms with Crippen LogP contribution in [0.15, 0.2) is 23.2 Å². The summed E-state index contributed by atoms with van der Waals surface area (Å²) in [5, 5.41) is 0. The fourth-order valence-corrected chi connectivity index (χ4v) is 1.60. The topological polar surface area (TPSA) is 0 Å². The van der Waals surface area contributed by atoms with Crippen LogP contribution in [0.25, 0.3) is 0 Å². The Hall–Kier alpha value is -0.525. The largest absolute Gasteiger partial charge is 0.234 e. The van der Waals surface area contributed by atoms with Crippen LogP contribution in [0.1, 0.15) is 26.7 Å². The van der Waals surface area contributed by atoms with Crippen LogP contribution >= 0.6 is 0 Å². The van der Waals surface area contributed by atoms with Crippen LogP contribution in [0, 0.1) is 0 Å². The minimum atomic E-state index is -1.27. The lowest BCUT2D eigenvalue weighted by Crippen LogP contribution is -2.17. The third kappa shape index (κ3) is 1.26. The molecule has 0 aromatic heterocycles. The van der Waals surface area contributed by atoms with E-state index in [-0.39, 0.29) is 0 Å². The molecule has 0 heterocycles. The molecule has 1 fully saturated rings. The van der Waals surface area contributed by atoms with Crippen LogP contribution in [0.2, 0.25) is 0 Å². The van der Waals surface area contributed by atoms with Gasteiger partial charge in [0.2, 0.25) is 0 Å². The van der Waals surface area contributed by atoms with Gasteiger partial charge in [-0.15, -0.1) is 5.98 Å². The molecule has 1 rings (SSSR count). The molecule has 1 aliphatic carbocycles. The van der Waals surface area contributed by atoms with Gasteiger partial charge in [0.05, 0.1) is 0 Å². The van der Waals surface area contributed by atoms with Gasteiger partial charge in [0.1, 0.15) is 13.5 Å². The molecule has 0 aromatic rings. The normalized spacial score (nSPS) is 38.8. The van der Waals surface area contributed by atoms with Crippen molar-refractivity contribution in [3.05, 3.63) is 23.2 Å².